The summed E-state index contributed by atoms with van der Waals surface area (Å²) in [7, 11) is 0. The van der Waals surface area contributed by atoms with Gasteiger partial charge in [-0.25, -0.2) is 0 Å². The summed E-state index contributed by atoms with van der Waals surface area (Å²) in [6.07, 6.45) is 1.79. The molecule has 6 nitrogen and oxygen atoms in total. The normalized spacial score (nSPS) is 11.7. The molecule has 0 spiro atoms. The van der Waals surface area contributed by atoms with Gasteiger partial charge < -0.3 is 15.3 Å². The molecule has 110 valence electrons. The van der Waals surface area contributed by atoms with E-state index in [9.17, 15) is 14.4 Å². The third kappa shape index (κ3) is 8.18. The van der Waals surface area contributed by atoms with Crippen molar-refractivity contribution >= 4 is 17.8 Å². The predicted molar refractivity (Wildman–Crippen MR) is 71.6 cm³/mol. The molecule has 0 radical (unpaired) electrons. The van der Waals surface area contributed by atoms with E-state index in [-0.39, 0.29) is 18.4 Å². The molecule has 2 N–H and O–H groups in total. The fraction of sp³-hybridized carbons (Fsp3) is 0.769. The monoisotopic (exact) mass is 272 g/mol. The third-order valence-electron chi connectivity index (χ3n) is 2.71. The van der Waals surface area contributed by atoms with Crippen molar-refractivity contribution in [3.05, 3.63) is 0 Å². The molecule has 1 unspecified atom stereocenters. The van der Waals surface area contributed by atoms with Crippen molar-refractivity contribution in [1.29, 1.82) is 0 Å². The largest absolute Gasteiger partial charge is 0.481 e. The van der Waals surface area contributed by atoms with Crippen LogP contribution in [0.3, 0.4) is 0 Å². The maximum Gasteiger partial charge on any atom is 0.308 e. The maximum absolute atomic E-state index is 11.9. The van der Waals surface area contributed by atoms with Crippen molar-refractivity contribution in [3.63, 3.8) is 0 Å². The molecule has 0 saturated heterocycles. The second-order valence-corrected chi connectivity index (χ2v) is 4.67. The third-order valence-corrected chi connectivity index (χ3v) is 2.71. The molecule has 6 heteroatoms. The number of hydrogen-bond acceptors (Lipinski definition) is 3. The highest BCUT2D eigenvalue weighted by Crippen LogP contribution is 2.05. The molecule has 1 atom stereocenters. The molecule has 0 aromatic rings. The van der Waals surface area contributed by atoms with Crippen molar-refractivity contribution in [2.75, 3.05) is 19.6 Å². The Morgan fingerprint density at radius 3 is 2.42 bits per heavy atom. The van der Waals surface area contributed by atoms with Crippen molar-refractivity contribution in [3.8, 4) is 0 Å². The summed E-state index contributed by atoms with van der Waals surface area (Å²) in [6.45, 7) is 6.11. The average Bonchev–Trinajstić information content (AvgIpc) is 2.32. The maximum atomic E-state index is 11.9. The van der Waals surface area contributed by atoms with Gasteiger partial charge in [-0.1, -0.05) is 13.8 Å². The van der Waals surface area contributed by atoms with Gasteiger partial charge in [0, 0.05) is 33.0 Å². The molecule has 2 amide bonds. The van der Waals surface area contributed by atoms with Gasteiger partial charge in [0.25, 0.3) is 0 Å². The van der Waals surface area contributed by atoms with E-state index < -0.39 is 11.9 Å². The highest BCUT2D eigenvalue weighted by molar-refractivity contribution is 5.77. The number of carbonyl (C=O) groups excluding carboxylic acids is 2. The highest BCUT2D eigenvalue weighted by atomic mass is 16.4. The lowest BCUT2D eigenvalue weighted by atomic mass is 10.1. The first-order valence-electron chi connectivity index (χ1n) is 6.63. The summed E-state index contributed by atoms with van der Waals surface area (Å²) < 4.78 is 0. The zero-order chi connectivity index (χ0) is 14.8. The molecule has 0 aliphatic rings. The second kappa shape index (κ2) is 9.35. The predicted octanol–water partition coefficient (Wildman–Crippen LogP) is 0.862. The average molecular weight is 272 g/mol. The SMILES string of the molecule is CCCC(=O)N(CCCNC(C)=O)CC(C)C(=O)O. The summed E-state index contributed by atoms with van der Waals surface area (Å²) in [5.74, 6) is -1.62. The number of amides is 2. The van der Waals surface area contributed by atoms with Crippen molar-refractivity contribution in [1.82, 2.24) is 10.2 Å². The molecule has 0 aromatic carbocycles. The van der Waals surface area contributed by atoms with Gasteiger partial charge in [-0.05, 0) is 12.8 Å². The van der Waals surface area contributed by atoms with Gasteiger partial charge in [0.05, 0.1) is 5.92 Å². The lowest BCUT2D eigenvalue weighted by Gasteiger charge is -2.24. The Balaban J connectivity index is 4.29. The van der Waals surface area contributed by atoms with Crippen LogP contribution in [0.1, 0.15) is 40.0 Å². The summed E-state index contributed by atoms with van der Waals surface area (Å²) in [6, 6.07) is 0. The number of rotatable bonds is 9. The van der Waals surface area contributed by atoms with Crippen molar-refractivity contribution in [2.45, 2.75) is 40.0 Å². The number of aliphatic carboxylic acids is 1. The highest BCUT2D eigenvalue weighted by Gasteiger charge is 2.19. The molecular weight excluding hydrogens is 248 g/mol. The van der Waals surface area contributed by atoms with E-state index in [0.29, 0.717) is 25.9 Å². The first-order valence-corrected chi connectivity index (χ1v) is 6.63. The van der Waals surface area contributed by atoms with Gasteiger partial charge >= 0.3 is 5.97 Å². The van der Waals surface area contributed by atoms with Gasteiger partial charge in [-0.15, -0.1) is 0 Å². The van der Waals surface area contributed by atoms with Crippen LogP contribution in [0.15, 0.2) is 0 Å². The van der Waals surface area contributed by atoms with Crippen LogP contribution >= 0.6 is 0 Å². The number of nitrogens with zero attached hydrogens (tertiary/aromatic N) is 1. The minimum atomic E-state index is -0.906. The van der Waals surface area contributed by atoms with Crippen LogP contribution in [-0.2, 0) is 14.4 Å². The first kappa shape index (κ1) is 17.4. The van der Waals surface area contributed by atoms with Crippen molar-refractivity contribution in [2.24, 2.45) is 5.92 Å². The van der Waals surface area contributed by atoms with E-state index in [1.165, 1.54) is 6.92 Å². The van der Waals surface area contributed by atoms with Crippen LogP contribution in [0, 0.1) is 5.92 Å². The lowest BCUT2D eigenvalue weighted by molar-refractivity contribution is -0.143. The Morgan fingerprint density at radius 2 is 1.95 bits per heavy atom. The molecule has 0 rings (SSSR count). The Bertz CT molecular complexity index is 318. The fourth-order valence-electron chi connectivity index (χ4n) is 1.63. The van der Waals surface area contributed by atoms with E-state index in [4.69, 9.17) is 5.11 Å². The Labute approximate surface area is 114 Å². The van der Waals surface area contributed by atoms with E-state index in [0.717, 1.165) is 6.42 Å². The van der Waals surface area contributed by atoms with Crippen LogP contribution in [0.25, 0.3) is 0 Å². The quantitative estimate of drug-likeness (QED) is 0.609. The van der Waals surface area contributed by atoms with Crippen LogP contribution < -0.4 is 5.32 Å². The van der Waals surface area contributed by atoms with Crippen LogP contribution in [0.2, 0.25) is 0 Å². The van der Waals surface area contributed by atoms with Crippen LogP contribution in [0.4, 0.5) is 0 Å². The fourth-order valence-corrected chi connectivity index (χ4v) is 1.63. The van der Waals surface area contributed by atoms with Crippen molar-refractivity contribution < 1.29 is 19.5 Å². The number of carboxylic acids is 1. The van der Waals surface area contributed by atoms with E-state index in [2.05, 4.69) is 5.32 Å². The van der Waals surface area contributed by atoms with Crippen LogP contribution in [0.5, 0.6) is 0 Å². The molecule has 0 saturated carbocycles. The summed E-state index contributed by atoms with van der Waals surface area (Å²) in [5.41, 5.74) is 0. The summed E-state index contributed by atoms with van der Waals surface area (Å²) in [4.78, 5) is 35.0. The Morgan fingerprint density at radius 1 is 1.32 bits per heavy atom. The number of carboxylic acid groups (broad SMARTS) is 1. The first-order chi connectivity index (χ1) is 8.88. The van der Waals surface area contributed by atoms with E-state index >= 15 is 0 Å². The van der Waals surface area contributed by atoms with Crippen LogP contribution in [-0.4, -0.2) is 47.4 Å². The Kier molecular flexibility index (Phi) is 8.57. The number of nitrogens with one attached hydrogen (secondary N) is 1. The van der Waals surface area contributed by atoms with E-state index in [1.807, 2.05) is 6.92 Å². The molecular formula is C13H24N2O4. The summed E-state index contributed by atoms with van der Waals surface area (Å²) >= 11 is 0. The zero-order valence-electron chi connectivity index (χ0n) is 11.9. The number of carbonyl (C=O) groups is 3. The second-order valence-electron chi connectivity index (χ2n) is 4.67. The molecule has 19 heavy (non-hydrogen) atoms. The van der Waals surface area contributed by atoms with Gasteiger partial charge in [0.15, 0.2) is 0 Å². The standard InChI is InChI=1S/C13H24N2O4/c1-4-6-12(17)15(9-10(2)13(18)19)8-5-7-14-11(3)16/h10H,4-9H2,1-3H3,(H,14,16)(H,18,19). The van der Waals surface area contributed by atoms with Gasteiger partial charge in [-0.3, -0.25) is 14.4 Å². The molecule has 0 aliphatic carbocycles. The Hall–Kier alpha value is -1.59. The van der Waals surface area contributed by atoms with Gasteiger partial charge in [-0.2, -0.15) is 0 Å². The number of hydrogen-bond donors (Lipinski definition) is 2. The molecule has 0 aromatic heterocycles. The zero-order valence-corrected chi connectivity index (χ0v) is 11.9. The minimum absolute atomic E-state index is 0.0292. The molecule has 0 fully saturated rings. The molecule has 0 bridgehead atoms. The molecule has 0 aliphatic heterocycles. The van der Waals surface area contributed by atoms with Gasteiger partial charge in [0.1, 0.15) is 0 Å². The minimum Gasteiger partial charge on any atom is -0.481 e. The summed E-state index contributed by atoms with van der Waals surface area (Å²) in [5, 5.41) is 11.5. The molecule has 0 heterocycles. The topological polar surface area (TPSA) is 86.7 Å². The van der Waals surface area contributed by atoms with Gasteiger partial charge in [0.2, 0.25) is 11.8 Å². The lowest BCUT2D eigenvalue weighted by Crippen LogP contribution is -2.38. The smallest absolute Gasteiger partial charge is 0.308 e. The van der Waals surface area contributed by atoms with E-state index in [1.54, 1.807) is 11.8 Å².